The Morgan fingerprint density at radius 1 is 0.652 bits per heavy atom. The maximum atomic E-state index is 12.1. The van der Waals surface area contributed by atoms with Crippen molar-refractivity contribution in [2.75, 3.05) is 20.1 Å². The third-order valence-electron chi connectivity index (χ3n) is 2.04. The predicted octanol–water partition coefficient (Wildman–Crippen LogP) is -1.64. The first-order valence-electron chi connectivity index (χ1n) is 6.20. The largest absolute Gasteiger partial charge is 0.390 e. The van der Waals surface area contributed by atoms with E-state index in [9.17, 15) is 26.3 Å². The molecule has 0 aliphatic carbocycles. The molecule has 0 aromatic heterocycles. The van der Waals surface area contributed by atoms with Gasteiger partial charge in [-0.15, -0.1) is 0 Å². The molecule has 0 amide bonds. The zero-order valence-electron chi connectivity index (χ0n) is 12.0. The summed E-state index contributed by atoms with van der Waals surface area (Å²) in [5, 5.41) is 0.740. The van der Waals surface area contributed by atoms with E-state index in [1.165, 1.54) is 0 Å². The summed E-state index contributed by atoms with van der Waals surface area (Å²) in [6.45, 7) is -1.32. The Kier molecular flexibility index (Phi) is 11.3. The molecule has 0 saturated heterocycles. The fraction of sp³-hybridized carbons (Fsp3) is 1.00. The lowest BCUT2D eigenvalue weighted by Gasteiger charge is -2.25. The van der Waals surface area contributed by atoms with Crippen molar-refractivity contribution >= 4 is 0 Å². The van der Waals surface area contributed by atoms with Gasteiger partial charge in [-0.25, -0.2) is 10.4 Å². The Balaban J connectivity index is 3.91. The highest BCUT2D eigenvalue weighted by molar-refractivity contribution is 4.60. The fourth-order valence-electron chi connectivity index (χ4n) is 1.07. The quantitative estimate of drug-likeness (QED) is 0.108. The van der Waals surface area contributed by atoms with E-state index < -0.39 is 38.3 Å². The molecule has 16 heteroatoms. The van der Waals surface area contributed by atoms with Gasteiger partial charge in [-0.3, -0.25) is 0 Å². The van der Waals surface area contributed by atoms with Crippen molar-refractivity contribution in [3.63, 3.8) is 0 Å². The molecule has 0 radical (unpaired) electrons. The first-order valence-corrected chi connectivity index (χ1v) is 6.20. The van der Waals surface area contributed by atoms with E-state index in [0.29, 0.717) is 0 Å². The SMILES string of the molecule is CNNNNNNNNNN(CCC(F)(F)F)CCC(F)(F)F. The first-order chi connectivity index (χ1) is 10.6. The van der Waals surface area contributed by atoms with Gasteiger partial charge in [0.1, 0.15) is 0 Å². The smallest absolute Gasteiger partial charge is 0.246 e. The van der Waals surface area contributed by atoms with Crippen molar-refractivity contribution in [2.24, 2.45) is 0 Å². The number of hydrazine groups is 9. The summed E-state index contributed by atoms with van der Waals surface area (Å²) < 4.78 is 72.7. The zero-order valence-corrected chi connectivity index (χ0v) is 12.0. The number of rotatable bonds is 13. The number of hydrogen-bond acceptors (Lipinski definition) is 10. The topological polar surface area (TPSA) is 112 Å². The summed E-state index contributed by atoms with van der Waals surface area (Å²) in [6.07, 6.45) is -11.5. The molecule has 0 bridgehead atoms. The van der Waals surface area contributed by atoms with Crippen LogP contribution in [0.3, 0.4) is 0 Å². The summed E-state index contributed by atoms with van der Waals surface area (Å²) in [4.78, 5) is 0. The molecule has 0 aromatic rings. The van der Waals surface area contributed by atoms with Crippen LogP contribution >= 0.6 is 0 Å². The molecule has 10 nitrogen and oxygen atoms in total. The predicted molar refractivity (Wildman–Crippen MR) is 67.1 cm³/mol. The molecule has 140 valence electrons. The summed E-state index contributed by atoms with van der Waals surface area (Å²) in [6, 6.07) is 0. The van der Waals surface area contributed by atoms with Gasteiger partial charge < -0.3 is 0 Å². The van der Waals surface area contributed by atoms with Gasteiger partial charge in [-0.1, -0.05) is 0 Å². The van der Waals surface area contributed by atoms with E-state index in [1.54, 1.807) is 7.05 Å². The van der Waals surface area contributed by atoms with Crippen molar-refractivity contribution in [3.05, 3.63) is 0 Å². The lowest BCUT2D eigenvalue weighted by molar-refractivity contribution is -0.150. The number of halogens is 6. The molecule has 0 saturated carbocycles. The third kappa shape index (κ3) is 17.4. The van der Waals surface area contributed by atoms with Crippen LogP contribution in [0.15, 0.2) is 0 Å². The van der Waals surface area contributed by atoms with Crippen LogP contribution < -0.4 is 49.7 Å². The molecule has 0 atom stereocenters. The van der Waals surface area contributed by atoms with Gasteiger partial charge in [0.25, 0.3) is 0 Å². The van der Waals surface area contributed by atoms with E-state index >= 15 is 0 Å². The molecule has 9 N–H and O–H groups in total. The van der Waals surface area contributed by atoms with E-state index in [0.717, 1.165) is 5.01 Å². The summed E-state index contributed by atoms with van der Waals surface area (Å²) in [7, 11) is 1.59. The minimum absolute atomic E-state index is 0.659. The molecule has 0 rings (SSSR count). The highest BCUT2D eigenvalue weighted by atomic mass is 19.4. The molecule has 0 aliphatic heterocycles. The average Bonchev–Trinajstić information content (AvgIpc) is 2.41. The van der Waals surface area contributed by atoms with Crippen molar-refractivity contribution < 1.29 is 26.3 Å². The van der Waals surface area contributed by atoms with E-state index in [2.05, 4.69) is 49.7 Å². The normalized spacial score (nSPS) is 13.0. The van der Waals surface area contributed by atoms with Crippen LogP contribution in [0.2, 0.25) is 0 Å². The van der Waals surface area contributed by atoms with Crippen LogP contribution in [0, 0.1) is 0 Å². The first kappa shape index (κ1) is 22.2. The number of nitrogens with one attached hydrogen (secondary N) is 9. The second-order valence-electron chi connectivity index (χ2n) is 3.95. The van der Waals surface area contributed by atoms with Gasteiger partial charge in [0.2, 0.25) is 0 Å². The van der Waals surface area contributed by atoms with Gasteiger partial charge in [0.05, 0.1) is 12.8 Å². The highest BCUT2D eigenvalue weighted by Gasteiger charge is 2.30. The number of hydrogen-bond donors (Lipinski definition) is 9. The molecule has 0 aromatic carbocycles. The summed E-state index contributed by atoms with van der Waals surface area (Å²) >= 11 is 0. The fourth-order valence-corrected chi connectivity index (χ4v) is 1.07. The van der Waals surface area contributed by atoms with Gasteiger partial charge in [0.15, 0.2) is 0 Å². The van der Waals surface area contributed by atoms with Crippen molar-refractivity contribution in [2.45, 2.75) is 25.2 Å². The lowest BCUT2D eigenvalue weighted by Crippen LogP contribution is -2.65. The standard InChI is InChI=1S/C7H20F6N10/c1-14-15-16-17-18-19-20-21-22-23(4-2-6(8,9)10)5-3-7(11,12)13/h14-22H,2-5H2,1H3. The van der Waals surface area contributed by atoms with Gasteiger partial charge in [-0.05, 0) is 7.05 Å². The lowest BCUT2D eigenvalue weighted by atomic mass is 10.3. The molecule has 0 aliphatic rings. The number of alkyl halides is 6. The van der Waals surface area contributed by atoms with Crippen LogP contribution in [-0.4, -0.2) is 37.5 Å². The minimum Gasteiger partial charge on any atom is -0.246 e. The Labute approximate surface area is 127 Å². The molecule has 0 heterocycles. The molecule has 23 heavy (non-hydrogen) atoms. The Bertz CT molecular complexity index is 268. The van der Waals surface area contributed by atoms with Crippen molar-refractivity contribution in [1.29, 1.82) is 0 Å². The second kappa shape index (κ2) is 11.7. The second-order valence-corrected chi connectivity index (χ2v) is 3.95. The molecule has 0 unspecified atom stereocenters. The van der Waals surface area contributed by atoms with Gasteiger partial charge in [-0.2, -0.15) is 70.6 Å². The van der Waals surface area contributed by atoms with Crippen LogP contribution in [0.4, 0.5) is 26.3 Å². The van der Waals surface area contributed by atoms with Crippen molar-refractivity contribution in [3.8, 4) is 0 Å². The molecule has 0 spiro atoms. The average molecular weight is 358 g/mol. The third-order valence-corrected chi connectivity index (χ3v) is 2.04. The van der Waals surface area contributed by atoms with Crippen LogP contribution in [0.25, 0.3) is 0 Å². The maximum Gasteiger partial charge on any atom is 0.390 e. The van der Waals surface area contributed by atoms with Crippen molar-refractivity contribution in [1.82, 2.24) is 54.7 Å². The summed E-state index contributed by atoms with van der Waals surface area (Å²) in [5.74, 6) is 0. The van der Waals surface area contributed by atoms with Gasteiger partial charge in [0, 0.05) is 13.1 Å². The Morgan fingerprint density at radius 2 is 1.04 bits per heavy atom. The van der Waals surface area contributed by atoms with E-state index in [-0.39, 0.29) is 0 Å². The Morgan fingerprint density at radius 3 is 1.43 bits per heavy atom. The van der Waals surface area contributed by atoms with E-state index in [4.69, 9.17) is 0 Å². The molecule has 0 fully saturated rings. The molecular weight excluding hydrogens is 338 g/mol. The van der Waals surface area contributed by atoms with E-state index in [1.807, 2.05) is 0 Å². The number of nitrogens with zero attached hydrogens (tertiary/aromatic N) is 1. The zero-order chi connectivity index (χ0) is 17.8. The van der Waals surface area contributed by atoms with Crippen LogP contribution in [-0.2, 0) is 0 Å². The summed E-state index contributed by atoms with van der Waals surface area (Å²) in [5.41, 5.74) is 20.7. The van der Waals surface area contributed by atoms with Gasteiger partial charge >= 0.3 is 12.4 Å². The monoisotopic (exact) mass is 358 g/mol. The highest BCUT2D eigenvalue weighted by Crippen LogP contribution is 2.21. The molecular formula is C7H20F6N10. The van der Waals surface area contributed by atoms with Crippen LogP contribution in [0.1, 0.15) is 12.8 Å². The maximum absolute atomic E-state index is 12.1. The minimum atomic E-state index is -4.47. The van der Waals surface area contributed by atoms with Crippen LogP contribution in [0.5, 0.6) is 0 Å². The Hall–Kier alpha value is -0.820.